The third kappa shape index (κ3) is 4.58. The van der Waals surface area contributed by atoms with Gasteiger partial charge in [-0.25, -0.2) is 4.84 Å². The normalized spacial score (nSPS) is 10.8. The van der Waals surface area contributed by atoms with Crippen LogP contribution in [0.3, 0.4) is 0 Å². The van der Waals surface area contributed by atoms with Crippen molar-refractivity contribution in [1.29, 1.82) is 0 Å². The van der Waals surface area contributed by atoms with Gasteiger partial charge in [0, 0.05) is 0 Å². The number of nitrogens with two attached hydrogens (primary N) is 1. The minimum Gasteiger partial charge on any atom is -0.303 e. The van der Waals surface area contributed by atoms with Crippen molar-refractivity contribution in [2.75, 3.05) is 21.0 Å². The van der Waals surface area contributed by atoms with Gasteiger partial charge in [0.25, 0.3) is 0 Å². The summed E-state index contributed by atoms with van der Waals surface area (Å²) >= 11 is 0. The minimum absolute atomic E-state index is 0.0710. The van der Waals surface area contributed by atoms with Gasteiger partial charge in [-0.15, -0.1) is 0 Å². The van der Waals surface area contributed by atoms with Crippen LogP contribution in [0.2, 0.25) is 0 Å². The topological polar surface area (TPSA) is 78.2 Å². The summed E-state index contributed by atoms with van der Waals surface area (Å²) in [5, 5.41) is 0.617. The van der Waals surface area contributed by atoms with E-state index in [0.717, 1.165) is 0 Å². The van der Waals surface area contributed by atoms with Crippen LogP contribution in [0.5, 0.6) is 0 Å². The maximum Gasteiger partial charge on any atom is 0.146 e. The number of nitrogens with zero attached hydrogens (tertiary/aromatic N) is 1. The van der Waals surface area contributed by atoms with Crippen molar-refractivity contribution in [1.82, 2.24) is 10.9 Å². The summed E-state index contributed by atoms with van der Waals surface area (Å²) in [4.78, 5) is 17.5. The van der Waals surface area contributed by atoms with Crippen LogP contribution in [-0.2, 0) is 19.5 Å². The molecule has 0 spiro atoms. The third-order valence-electron chi connectivity index (χ3n) is 0.608. The highest BCUT2D eigenvalue weighted by Gasteiger charge is 1.99. The lowest BCUT2D eigenvalue weighted by Crippen LogP contribution is -2.31. The highest BCUT2D eigenvalue weighted by molar-refractivity contribution is 3.99. The predicted octanol–water partition coefficient (Wildman–Crippen LogP) is -1.30. The van der Waals surface area contributed by atoms with E-state index in [-0.39, 0.29) is 6.73 Å². The average Bonchev–Trinajstić information content (AvgIpc) is 1.99. The van der Waals surface area contributed by atoms with E-state index in [4.69, 9.17) is 0 Å². The molecule has 0 atom stereocenters. The SMILES string of the molecule is CONCON(OC)ON. The van der Waals surface area contributed by atoms with Gasteiger partial charge < -0.3 is 4.84 Å². The second-order valence-electron chi connectivity index (χ2n) is 1.13. The summed E-state index contributed by atoms with van der Waals surface area (Å²) in [7, 11) is 2.78. The van der Waals surface area contributed by atoms with Crippen LogP contribution in [-0.4, -0.2) is 26.3 Å². The Morgan fingerprint density at radius 3 is 2.60 bits per heavy atom. The first kappa shape index (κ1) is 9.72. The molecule has 0 aliphatic heterocycles. The zero-order chi connectivity index (χ0) is 7.82. The summed E-state index contributed by atoms with van der Waals surface area (Å²) < 4.78 is 0. The molecule has 0 rings (SSSR count). The van der Waals surface area contributed by atoms with Gasteiger partial charge in [-0.1, -0.05) is 0 Å². The Kier molecular flexibility index (Phi) is 6.64. The van der Waals surface area contributed by atoms with Gasteiger partial charge >= 0.3 is 0 Å². The molecule has 0 aromatic rings. The smallest absolute Gasteiger partial charge is 0.146 e. The molecule has 0 aliphatic rings. The fourth-order valence-corrected chi connectivity index (χ4v) is 0.264. The minimum atomic E-state index is 0.0710. The van der Waals surface area contributed by atoms with E-state index < -0.39 is 0 Å². The number of nitrogens with one attached hydrogen (secondary N) is 1. The maximum absolute atomic E-state index is 4.67. The molecule has 0 saturated heterocycles. The number of hydrogen-bond donors (Lipinski definition) is 2. The molecule has 0 amide bonds. The molecule has 0 aromatic carbocycles. The highest BCUT2D eigenvalue weighted by Crippen LogP contribution is 1.84. The van der Waals surface area contributed by atoms with E-state index >= 15 is 0 Å². The van der Waals surface area contributed by atoms with Gasteiger partial charge in [0.15, 0.2) is 0 Å². The third-order valence-corrected chi connectivity index (χ3v) is 0.608. The molecule has 62 valence electrons. The van der Waals surface area contributed by atoms with Crippen molar-refractivity contribution in [3.05, 3.63) is 0 Å². The molecule has 10 heavy (non-hydrogen) atoms. The molecule has 0 unspecified atom stereocenters. The fourth-order valence-electron chi connectivity index (χ4n) is 0.264. The van der Waals surface area contributed by atoms with Crippen molar-refractivity contribution in [3.8, 4) is 0 Å². The molecular formula is C3H11N3O4. The molecular weight excluding hydrogens is 142 g/mol. The average molecular weight is 153 g/mol. The summed E-state index contributed by atoms with van der Waals surface area (Å²) in [6.45, 7) is 0.0710. The molecule has 7 heteroatoms. The van der Waals surface area contributed by atoms with Gasteiger partial charge in [-0.3, -0.25) is 4.84 Å². The molecule has 0 aromatic heterocycles. The van der Waals surface area contributed by atoms with Crippen molar-refractivity contribution in [2.45, 2.75) is 0 Å². The van der Waals surface area contributed by atoms with E-state index in [1.54, 1.807) is 0 Å². The lowest BCUT2D eigenvalue weighted by molar-refractivity contribution is -0.525. The predicted molar refractivity (Wildman–Crippen MR) is 30.2 cm³/mol. The quantitative estimate of drug-likeness (QED) is 0.279. The Morgan fingerprint density at radius 2 is 2.20 bits per heavy atom. The van der Waals surface area contributed by atoms with Crippen LogP contribution in [0.1, 0.15) is 0 Å². The van der Waals surface area contributed by atoms with Crippen molar-refractivity contribution in [3.63, 3.8) is 0 Å². The van der Waals surface area contributed by atoms with Gasteiger partial charge in [0.05, 0.1) is 19.6 Å². The first-order valence-electron chi connectivity index (χ1n) is 2.45. The Bertz CT molecular complexity index is 68.8. The molecule has 0 bridgehead atoms. The maximum atomic E-state index is 4.67. The summed E-state index contributed by atoms with van der Waals surface area (Å²) in [5.74, 6) is 4.67. The molecule has 0 aliphatic carbocycles. The van der Waals surface area contributed by atoms with E-state index in [9.17, 15) is 0 Å². The summed E-state index contributed by atoms with van der Waals surface area (Å²) in [6.07, 6.45) is 0. The van der Waals surface area contributed by atoms with E-state index in [1.165, 1.54) is 14.2 Å². The molecule has 0 saturated carbocycles. The van der Waals surface area contributed by atoms with Gasteiger partial charge in [0.1, 0.15) is 6.73 Å². The number of hydroxylamine groups is 1. The Hall–Kier alpha value is -0.280. The Balaban J connectivity index is 3.09. The van der Waals surface area contributed by atoms with Gasteiger partial charge in [-0.05, 0) is 0 Å². The Morgan fingerprint density at radius 1 is 1.50 bits per heavy atom. The first-order chi connectivity index (χ1) is 4.85. The standard InChI is InChI=1S/C3H11N3O4/c1-7-5-3-9-6(8-2)10-4/h5H,3-4H2,1-2H3. The second kappa shape index (κ2) is 6.83. The summed E-state index contributed by atoms with van der Waals surface area (Å²) in [5.41, 5.74) is 2.37. The Labute approximate surface area is 58.3 Å². The fraction of sp³-hybridized carbons (Fsp3) is 1.00. The lowest BCUT2D eigenvalue weighted by atomic mass is 11.3. The van der Waals surface area contributed by atoms with E-state index in [1.807, 2.05) is 0 Å². The van der Waals surface area contributed by atoms with Crippen LogP contribution in [0, 0.1) is 0 Å². The van der Waals surface area contributed by atoms with E-state index in [0.29, 0.717) is 5.39 Å². The zero-order valence-corrected chi connectivity index (χ0v) is 5.86. The van der Waals surface area contributed by atoms with Crippen molar-refractivity contribution < 1.29 is 19.5 Å². The first-order valence-corrected chi connectivity index (χ1v) is 2.45. The molecule has 0 radical (unpaired) electrons. The highest BCUT2D eigenvalue weighted by atomic mass is 17.2. The second-order valence-corrected chi connectivity index (χ2v) is 1.13. The lowest BCUT2D eigenvalue weighted by Gasteiger charge is -2.13. The van der Waals surface area contributed by atoms with Gasteiger partial charge in [-0.2, -0.15) is 16.3 Å². The molecule has 3 N–H and O–H groups in total. The van der Waals surface area contributed by atoms with Crippen LogP contribution in [0.4, 0.5) is 0 Å². The van der Waals surface area contributed by atoms with E-state index in [2.05, 4.69) is 30.8 Å². The molecule has 0 heterocycles. The van der Waals surface area contributed by atoms with Crippen LogP contribution in [0.25, 0.3) is 0 Å². The van der Waals surface area contributed by atoms with Crippen molar-refractivity contribution in [2.24, 2.45) is 5.90 Å². The van der Waals surface area contributed by atoms with Crippen LogP contribution in [0.15, 0.2) is 0 Å². The van der Waals surface area contributed by atoms with Crippen LogP contribution < -0.4 is 11.4 Å². The molecule has 7 nitrogen and oxygen atoms in total. The van der Waals surface area contributed by atoms with Crippen molar-refractivity contribution >= 4 is 0 Å². The molecule has 0 fully saturated rings. The largest absolute Gasteiger partial charge is 0.303 e. The summed E-state index contributed by atoms with van der Waals surface area (Å²) in [6, 6.07) is 0. The van der Waals surface area contributed by atoms with Crippen LogP contribution >= 0.6 is 0 Å². The van der Waals surface area contributed by atoms with Gasteiger partial charge in [0.2, 0.25) is 0 Å². The zero-order valence-electron chi connectivity index (χ0n) is 5.86. The number of rotatable bonds is 6. The monoisotopic (exact) mass is 153 g/mol. The number of hydrogen-bond acceptors (Lipinski definition) is 7.